The van der Waals surface area contributed by atoms with Crippen molar-refractivity contribution in [3.8, 4) is 5.75 Å². The van der Waals surface area contributed by atoms with Crippen molar-refractivity contribution in [2.45, 2.75) is 4.90 Å². The Balaban J connectivity index is 2.05. The molecule has 0 radical (unpaired) electrons. The van der Waals surface area contributed by atoms with Crippen LogP contribution in [0, 0.1) is 5.82 Å². The third kappa shape index (κ3) is 3.81. The SMILES string of the molecule is O=C(CSc1ccc(Br)cc1)c1cc(F)ccc1O. The first-order valence-corrected chi connectivity index (χ1v) is 7.24. The molecular formula is C14H10BrFO2S. The number of ketones is 1. The Morgan fingerprint density at radius 3 is 2.58 bits per heavy atom. The van der Waals surface area contributed by atoms with Crippen molar-refractivity contribution >= 4 is 33.5 Å². The monoisotopic (exact) mass is 340 g/mol. The Morgan fingerprint density at radius 2 is 1.89 bits per heavy atom. The van der Waals surface area contributed by atoms with E-state index in [0.717, 1.165) is 21.5 Å². The van der Waals surface area contributed by atoms with Gasteiger partial charge in [0.1, 0.15) is 11.6 Å². The molecule has 0 atom stereocenters. The molecule has 0 spiro atoms. The average molecular weight is 341 g/mol. The van der Waals surface area contributed by atoms with E-state index in [2.05, 4.69) is 15.9 Å². The summed E-state index contributed by atoms with van der Waals surface area (Å²) in [5.41, 5.74) is 0.0182. The number of thioether (sulfide) groups is 1. The molecule has 0 aliphatic carbocycles. The van der Waals surface area contributed by atoms with E-state index >= 15 is 0 Å². The number of Topliss-reactive ketones (excluding diaryl/α,β-unsaturated/α-hetero) is 1. The van der Waals surface area contributed by atoms with Crippen molar-refractivity contribution in [1.29, 1.82) is 0 Å². The summed E-state index contributed by atoms with van der Waals surface area (Å²) >= 11 is 4.67. The van der Waals surface area contributed by atoms with Gasteiger partial charge >= 0.3 is 0 Å². The molecule has 2 aromatic rings. The first kappa shape index (κ1) is 14.1. The summed E-state index contributed by atoms with van der Waals surface area (Å²) in [6.45, 7) is 0. The van der Waals surface area contributed by atoms with Crippen LogP contribution >= 0.6 is 27.7 Å². The lowest BCUT2D eigenvalue weighted by Crippen LogP contribution is -2.03. The number of phenols is 1. The maximum atomic E-state index is 13.0. The molecule has 0 aliphatic heterocycles. The second-order valence-corrected chi connectivity index (χ2v) is 5.79. The van der Waals surface area contributed by atoms with E-state index in [1.165, 1.54) is 17.8 Å². The molecule has 0 fully saturated rings. The number of aromatic hydroxyl groups is 1. The molecule has 19 heavy (non-hydrogen) atoms. The predicted octanol–water partition coefficient (Wildman–Crippen LogP) is 4.27. The maximum Gasteiger partial charge on any atom is 0.176 e. The average Bonchev–Trinajstić information content (AvgIpc) is 2.40. The maximum absolute atomic E-state index is 13.0. The molecule has 2 aromatic carbocycles. The van der Waals surface area contributed by atoms with Gasteiger partial charge in [0.25, 0.3) is 0 Å². The number of hydrogen-bond donors (Lipinski definition) is 1. The quantitative estimate of drug-likeness (QED) is 0.667. The second kappa shape index (κ2) is 6.21. The minimum Gasteiger partial charge on any atom is -0.507 e. The smallest absolute Gasteiger partial charge is 0.176 e. The Hall–Kier alpha value is -1.33. The van der Waals surface area contributed by atoms with Crippen molar-refractivity contribution in [2.24, 2.45) is 0 Å². The first-order chi connectivity index (χ1) is 9.06. The van der Waals surface area contributed by atoms with Gasteiger partial charge in [-0.15, -0.1) is 11.8 Å². The Bertz CT molecular complexity index is 599. The zero-order valence-electron chi connectivity index (χ0n) is 9.77. The molecule has 0 amide bonds. The van der Waals surface area contributed by atoms with Crippen LogP contribution in [0.4, 0.5) is 4.39 Å². The van der Waals surface area contributed by atoms with Crippen molar-refractivity contribution in [1.82, 2.24) is 0 Å². The highest BCUT2D eigenvalue weighted by Crippen LogP contribution is 2.24. The molecule has 5 heteroatoms. The van der Waals surface area contributed by atoms with E-state index < -0.39 is 5.82 Å². The van der Waals surface area contributed by atoms with Crippen molar-refractivity contribution in [2.75, 3.05) is 5.75 Å². The van der Waals surface area contributed by atoms with Crippen LogP contribution in [0.15, 0.2) is 51.8 Å². The normalized spacial score (nSPS) is 10.4. The molecule has 0 saturated heterocycles. The highest BCUT2D eigenvalue weighted by Gasteiger charge is 2.12. The molecule has 0 aromatic heterocycles. The summed E-state index contributed by atoms with van der Waals surface area (Å²) in [7, 11) is 0. The van der Waals surface area contributed by atoms with Crippen LogP contribution in [0.25, 0.3) is 0 Å². The molecule has 2 nitrogen and oxygen atoms in total. The van der Waals surface area contributed by atoms with Gasteiger partial charge in [-0.2, -0.15) is 0 Å². The van der Waals surface area contributed by atoms with Crippen LogP contribution in [-0.2, 0) is 0 Å². The van der Waals surface area contributed by atoms with E-state index in [9.17, 15) is 14.3 Å². The number of carbonyl (C=O) groups excluding carboxylic acids is 1. The summed E-state index contributed by atoms with van der Waals surface area (Å²) in [5, 5.41) is 9.54. The molecule has 2 rings (SSSR count). The number of benzene rings is 2. The van der Waals surface area contributed by atoms with Gasteiger partial charge in [0.2, 0.25) is 0 Å². The van der Waals surface area contributed by atoms with Gasteiger partial charge in [0.15, 0.2) is 5.78 Å². The van der Waals surface area contributed by atoms with Crippen molar-refractivity contribution < 1.29 is 14.3 Å². The molecule has 0 aliphatic rings. The zero-order chi connectivity index (χ0) is 13.8. The minimum absolute atomic E-state index is 0.0182. The number of halogens is 2. The number of hydrogen-bond acceptors (Lipinski definition) is 3. The lowest BCUT2D eigenvalue weighted by molar-refractivity contribution is 0.101. The van der Waals surface area contributed by atoms with Crippen LogP contribution in [0.3, 0.4) is 0 Å². The fraction of sp³-hybridized carbons (Fsp3) is 0.0714. The molecule has 0 unspecified atom stereocenters. The lowest BCUT2D eigenvalue weighted by Gasteiger charge is -2.04. The van der Waals surface area contributed by atoms with Gasteiger partial charge in [-0.25, -0.2) is 4.39 Å². The number of phenolic OH excluding ortho intramolecular Hbond substituents is 1. The Morgan fingerprint density at radius 1 is 1.21 bits per heavy atom. The summed E-state index contributed by atoms with van der Waals surface area (Å²) in [5.74, 6) is -0.874. The van der Waals surface area contributed by atoms with E-state index in [1.54, 1.807) is 0 Å². The molecule has 0 heterocycles. The van der Waals surface area contributed by atoms with Gasteiger partial charge in [-0.3, -0.25) is 4.79 Å². The van der Waals surface area contributed by atoms with Gasteiger partial charge in [0, 0.05) is 9.37 Å². The van der Waals surface area contributed by atoms with E-state index in [-0.39, 0.29) is 22.8 Å². The molecular weight excluding hydrogens is 331 g/mol. The first-order valence-electron chi connectivity index (χ1n) is 5.46. The second-order valence-electron chi connectivity index (χ2n) is 3.83. The van der Waals surface area contributed by atoms with E-state index in [4.69, 9.17) is 0 Å². The summed E-state index contributed by atoms with van der Waals surface area (Å²) in [6, 6.07) is 10.9. The van der Waals surface area contributed by atoms with Crippen LogP contribution < -0.4 is 0 Å². The van der Waals surface area contributed by atoms with E-state index in [1.807, 2.05) is 24.3 Å². The number of carbonyl (C=O) groups is 1. The fourth-order valence-corrected chi connectivity index (χ4v) is 2.54. The van der Waals surface area contributed by atoms with Gasteiger partial charge < -0.3 is 5.11 Å². The Kier molecular flexibility index (Phi) is 4.61. The van der Waals surface area contributed by atoms with Crippen LogP contribution in [0.1, 0.15) is 10.4 Å². The fourth-order valence-electron chi connectivity index (χ4n) is 1.49. The molecule has 98 valence electrons. The van der Waals surface area contributed by atoms with Crippen LogP contribution in [0.2, 0.25) is 0 Å². The summed E-state index contributed by atoms with van der Waals surface area (Å²) < 4.78 is 14.0. The lowest BCUT2D eigenvalue weighted by atomic mass is 10.1. The zero-order valence-corrected chi connectivity index (χ0v) is 12.2. The largest absolute Gasteiger partial charge is 0.507 e. The predicted molar refractivity (Wildman–Crippen MR) is 77.3 cm³/mol. The molecule has 1 N–H and O–H groups in total. The van der Waals surface area contributed by atoms with Gasteiger partial charge in [-0.05, 0) is 42.5 Å². The highest BCUT2D eigenvalue weighted by atomic mass is 79.9. The van der Waals surface area contributed by atoms with Crippen molar-refractivity contribution in [3.05, 3.63) is 58.3 Å². The standard InChI is InChI=1S/C14H10BrFO2S/c15-9-1-4-11(5-2-9)19-8-14(18)12-7-10(16)3-6-13(12)17/h1-7,17H,8H2. The van der Waals surface area contributed by atoms with Crippen LogP contribution in [0.5, 0.6) is 5.75 Å². The van der Waals surface area contributed by atoms with Gasteiger partial charge in [-0.1, -0.05) is 15.9 Å². The topological polar surface area (TPSA) is 37.3 Å². The minimum atomic E-state index is -0.533. The summed E-state index contributed by atoms with van der Waals surface area (Å²) in [4.78, 5) is 12.8. The third-order valence-corrected chi connectivity index (χ3v) is 3.98. The number of rotatable bonds is 4. The Labute approximate surface area is 122 Å². The summed E-state index contributed by atoms with van der Waals surface area (Å²) in [6.07, 6.45) is 0. The molecule has 0 bridgehead atoms. The van der Waals surface area contributed by atoms with Crippen LogP contribution in [-0.4, -0.2) is 16.6 Å². The third-order valence-electron chi connectivity index (χ3n) is 2.44. The van der Waals surface area contributed by atoms with E-state index in [0.29, 0.717) is 0 Å². The van der Waals surface area contributed by atoms with Gasteiger partial charge in [0.05, 0.1) is 11.3 Å². The molecule has 0 saturated carbocycles. The van der Waals surface area contributed by atoms with Crippen molar-refractivity contribution in [3.63, 3.8) is 0 Å². The highest BCUT2D eigenvalue weighted by molar-refractivity contribution is 9.10.